The molecule has 0 radical (unpaired) electrons. The van der Waals surface area contributed by atoms with Gasteiger partial charge in [-0.15, -0.1) is 11.3 Å². The Morgan fingerprint density at radius 3 is 2.83 bits per heavy atom. The van der Waals surface area contributed by atoms with E-state index in [1.165, 1.54) is 25.7 Å². The molecule has 4 heteroatoms. The number of nitrogens with zero attached hydrogens (tertiary/aromatic N) is 1. The molecule has 0 spiro atoms. The Bertz CT molecular complexity index is 347. The van der Waals surface area contributed by atoms with Crippen molar-refractivity contribution < 1.29 is 4.79 Å². The predicted octanol–water partition coefficient (Wildman–Crippen LogP) is 3.95. The molecular weight excluding hydrogens is 244 g/mol. The number of thiophene rings is 1. The van der Waals surface area contributed by atoms with Gasteiger partial charge in [-0.05, 0) is 17.9 Å². The fourth-order valence-electron chi connectivity index (χ4n) is 1.65. The maximum atomic E-state index is 11.4. The largest absolute Gasteiger partial charge is 0.273 e. The number of amides is 1. The Morgan fingerprint density at radius 2 is 2.11 bits per heavy atom. The van der Waals surface area contributed by atoms with Crippen molar-refractivity contribution in [3.63, 3.8) is 0 Å². The summed E-state index contributed by atoms with van der Waals surface area (Å²) in [5, 5.41) is 5.91. The molecule has 0 aromatic carbocycles. The molecule has 1 heterocycles. The highest BCUT2D eigenvalue weighted by Crippen LogP contribution is 2.07. The van der Waals surface area contributed by atoms with Crippen LogP contribution in [0.5, 0.6) is 0 Å². The monoisotopic (exact) mass is 266 g/mol. The minimum absolute atomic E-state index is 0.0123. The third-order valence-electron chi connectivity index (χ3n) is 2.68. The van der Waals surface area contributed by atoms with Crippen molar-refractivity contribution >= 4 is 23.5 Å². The Kier molecular flexibility index (Phi) is 8.13. The van der Waals surface area contributed by atoms with Gasteiger partial charge in [-0.25, -0.2) is 5.43 Å². The lowest BCUT2D eigenvalue weighted by molar-refractivity contribution is -0.121. The molecule has 1 N–H and O–H groups in total. The average Bonchev–Trinajstić information content (AvgIpc) is 2.87. The van der Waals surface area contributed by atoms with E-state index in [-0.39, 0.29) is 5.91 Å². The summed E-state index contributed by atoms with van der Waals surface area (Å²) >= 11 is 1.60. The second kappa shape index (κ2) is 9.83. The number of hydrazone groups is 1. The molecule has 1 rings (SSSR count). The van der Waals surface area contributed by atoms with Gasteiger partial charge in [0.1, 0.15) is 0 Å². The zero-order valence-corrected chi connectivity index (χ0v) is 11.8. The minimum atomic E-state index is 0.0123. The molecule has 0 unspecified atom stereocenters. The Labute approximate surface area is 113 Å². The van der Waals surface area contributed by atoms with Crippen LogP contribution in [0.15, 0.2) is 22.6 Å². The summed E-state index contributed by atoms with van der Waals surface area (Å²) < 4.78 is 0. The average molecular weight is 266 g/mol. The molecule has 0 saturated carbocycles. The fourth-order valence-corrected chi connectivity index (χ4v) is 2.24. The maximum absolute atomic E-state index is 11.4. The van der Waals surface area contributed by atoms with Crippen LogP contribution < -0.4 is 5.43 Å². The fraction of sp³-hybridized carbons (Fsp3) is 0.571. The van der Waals surface area contributed by atoms with Crippen molar-refractivity contribution in [1.29, 1.82) is 0 Å². The van der Waals surface area contributed by atoms with Crippen molar-refractivity contribution in [2.24, 2.45) is 5.10 Å². The molecule has 0 aliphatic heterocycles. The van der Waals surface area contributed by atoms with E-state index in [2.05, 4.69) is 17.5 Å². The molecule has 0 bridgehead atoms. The molecule has 0 saturated heterocycles. The summed E-state index contributed by atoms with van der Waals surface area (Å²) in [4.78, 5) is 12.5. The molecule has 0 aliphatic carbocycles. The van der Waals surface area contributed by atoms with E-state index < -0.39 is 0 Å². The lowest BCUT2D eigenvalue weighted by atomic mass is 10.1. The highest BCUT2D eigenvalue weighted by molar-refractivity contribution is 7.11. The Hall–Kier alpha value is -1.16. The van der Waals surface area contributed by atoms with Crippen LogP contribution in [-0.2, 0) is 4.79 Å². The van der Waals surface area contributed by atoms with Crippen molar-refractivity contribution in [2.45, 2.75) is 51.9 Å². The van der Waals surface area contributed by atoms with Gasteiger partial charge in [-0.1, -0.05) is 45.1 Å². The minimum Gasteiger partial charge on any atom is -0.273 e. The van der Waals surface area contributed by atoms with Gasteiger partial charge in [0.25, 0.3) is 0 Å². The van der Waals surface area contributed by atoms with Crippen LogP contribution in [0.4, 0.5) is 0 Å². The standard InChI is InChI=1S/C14H22N2OS/c1-2-3-4-5-6-7-10-14(17)16-15-12-13-9-8-11-18-13/h8-9,11-12H,2-7,10H2,1H3,(H,16,17). The first kappa shape index (κ1) is 14.9. The number of hydrogen-bond acceptors (Lipinski definition) is 3. The smallest absolute Gasteiger partial charge is 0.240 e. The lowest BCUT2D eigenvalue weighted by Crippen LogP contribution is -2.16. The van der Waals surface area contributed by atoms with E-state index >= 15 is 0 Å². The summed E-state index contributed by atoms with van der Waals surface area (Å²) in [6.07, 6.45) is 9.45. The SMILES string of the molecule is CCCCCCCCC(=O)NN=Cc1cccs1. The molecular formula is C14H22N2OS. The first-order valence-corrected chi connectivity index (χ1v) is 7.56. The number of carbonyl (C=O) groups is 1. The second-order valence-corrected chi connectivity index (χ2v) is 5.31. The van der Waals surface area contributed by atoms with Crippen LogP contribution in [-0.4, -0.2) is 12.1 Å². The van der Waals surface area contributed by atoms with Gasteiger partial charge in [0.05, 0.1) is 6.21 Å². The molecule has 1 aromatic rings. The summed E-state index contributed by atoms with van der Waals surface area (Å²) in [5.74, 6) is 0.0123. The third-order valence-corrected chi connectivity index (χ3v) is 3.49. The van der Waals surface area contributed by atoms with Gasteiger partial charge in [-0.3, -0.25) is 4.79 Å². The van der Waals surface area contributed by atoms with Gasteiger partial charge >= 0.3 is 0 Å². The first-order chi connectivity index (χ1) is 8.83. The summed E-state index contributed by atoms with van der Waals surface area (Å²) in [7, 11) is 0. The van der Waals surface area contributed by atoms with Gasteiger partial charge in [0, 0.05) is 11.3 Å². The number of nitrogens with one attached hydrogen (secondary N) is 1. The van der Waals surface area contributed by atoms with E-state index in [1.807, 2.05) is 17.5 Å². The molecule has 1 amide bonds. The number of carbonyl (C=O) groups excluding carboxylic acids is 1. The summed E-state index contributed by atoms with van der Waals surface area (Å²) in [5.41, 5.74) is 2.56. The molecule has 0 fully saturated rings. The number of rotatable bonds is 9. The van der Waals surface area contributed by atoms with Crippen LogP contribution in [0.25, 0.3) is 0 Å². The van der Waals surface area contributed by atoms with Crippen molar-refractivity contribution in [2.75, 3.05) is 0 Å². The maximum Gasteiger partial charge on any atom is 0.240 e. The van der Waals surface area contributed by atoms with Crippen LogP contribution in [0.2, 0.25) is 0 Å². The Balaban J connectivity index is 2.00. The van der Waals surface area contributed by atoms with E-state index in [0.29, 0.717) is 6.42 Å². The molecule has 1 aromatic heterocycles. The lowest BCUT2D eigenvalue weighted by Gasteiger charge is -2.00. The molecule has 0 aliphatic rings. The predicted molar refractivity (Wildman–Crippen MR) is 78.0 cm³/mol. The van der Waals surface area contributed by atoms with E-state index in [0.717, 1.165) is 17.7 Å². The van der Waals surface area contributed by atoms with Gasteiger partial charge in [0.2, 0.25) is 5.91 Å². The first-order valence-electron chi connectivity index (χ1n) is 6.68. The Morgan fingerprint density at radius 1 is 1.33 bits per heavy atom. The van der Waals surface area contributed by atoms with Crippen LogP contribution >= 0.6 is 11.3 Å². The van der Waals surface area contributed by atoms with Crippen LogP contribution in [0, 0.1) is 0 Å². The highest BCUT2D eigenvalue weighted by Gasteiger charge is 1.98. The normalized spacial score (nSPS) is 10.9. The molecule has 100 valence electrons. The van der Waals surface area contributed by atoms with Crippen molar-refractivity contribution in [1.82, 2.24) is 5.43 Å². The molecule has 3 nitrogen and oxygen atoms in total. The zero-order valence-electron chi connectivity index (χ0n) is 11.0. The van der Waals surface area contributed by atoms with Gasteiger partial charge in [-0.2, -0.15) is 5.10 Å². The number of hydrogen-bond donors (Lipinski definition) is 1. The number of unbranched alkanes of at least 4 members (excludes halogenated alkanes) is 5. The van der Waals surface area contributed by atoms with Gasteiger partial charge in [0.15, 0.2) is 0 Å². The summed E-state index contributed by atoms with van der Waals surface area (Å²) in [6.45, 7) is 2.21. The highest BCUT2D eigenvalue weighted by atomic mass is 32.1. The van der Waals surface area contributed by atoms with E-state index in [1.54, 1.807) is 17.6 Å². The van der Waals surface area contributed by atoms with E-state index in [9.17, 15) is 4.79 Å². The van der Waals surface area contributed by atoms with Crippen LogP contribution in [0.1, 0.15) is 56.7 Å². The van der Waals surface area contributed by atoms with Crippen LogP contribution in [0.3, 0.4) is 0 Å². The summed E-state index contributed by atoms with van der Waals surface area (Å²) in [6, 6.07) is 3.93. The molecule has 18 heavy (non-hydrogen) atoms. The quantitative estimate of drug-likeness (QED) is 0.410. The van der Waals surface area contributed by atoms with E-state index in [4.69, 9.17) is 0 Å². The molecule has 0 atom stereocenters. The topological polar surface area (TPSA) is 41.5 Å². The van der Waals surface area contributed by atoms with Gasteiger partial charge < -0.3 is 0 Å². The van der Waals surface area contributed by atoms with Crippen molar-refractivity contribution in [3.8, 4) is 0 Å². The second-order valence-electron chi connectivity index (χ2n) is 4.33. The zero-order chi connectivity index (χ0) is 13.1. The third kappa shape index (κ3) is 7.22. The van der Waals surface area contributed by atoms with Crippen molar-refractivity contribution in [3.05, 3.63) is 22.4 Å².